The fourth-order valence-corrected chi connectivity index (χ4v) is 5.38. The van der Waals surface area contributed by atoms with Crippen LogP contribution in [0, 0.1) is 17.8 Å². The van der Waals surface area contributed by atoms with Gasteiger partial charge in [-0.2, -0.15) is 4.31 Å². The van der Waals surface area contributed by atoms with E-state index < -0.39 is 28.1 Å². The Morgan fingerprint density at radius 1 is 1.00 bits per heavy atom. The summed E-state index contributed by atoms with van der Waals surface area (Å²) >= 11 is 0. The van der Waals surface area contributed by atoms with E-state index in [1.54, 1.807) is 24.3 Å². The van der Waals surface area contributed by atoms with Crippen molar-refractivity contribution >= 4 is 21.7 Å². The predicted octanol–water partition coefficient (Wildman–Crippen LogP) is 3.29. The molecule has 1 aliphatic rings. The molecule has 0 heterocycles. The largest absolute Gasteiger partial charge is 0.390 e. The third-order valence-electron chi connectivity index (χ3n) is 6.91. The van der Waals surface area contributed by atoms with Crippen LogP contribution in [0.25, 0.3) is 0 Å². The van der Waals surface area contributed by atoms with Gasteiger partial charge < -0.3 is 10.4 Å². The SMILES string of the molecule is CC(C)CCN(CC(O)C(Cc1ccccc1)NC(=O)C1CCC1C(=O)c1ccccc1)S(C)(=O)=O. The number of ketones is 1. The number of hydrogen-bond donors (Lipinski definition) is 2. The Labute approximate surface area is 215 Å². The summed E-state index contributed by atoms with van der Waals surface area (Å²) < 4.78 is 26.1. The van der Waals surface area contributed by atoms with Gasteiger partial charge in [-0.1, -0.05) is 74.5 Å². The standard InChI is InChI=1S/C28H38N2O5S/c1-20(2)16-17-30(36(3,34)35)19-26(31)25(18-21-10-6-4-7-11-21)29-28(33)24-15-14-23(24)27(32)22-12-8-5-9-13-22/h4-13,20,23-26,31H,14-19H2,1-3H3,(H,29,33). The van der Waals surface area contributed by atoms with E-state index in [1.807, 2.05) is 50.2 Å². The number of hydrogen-bond acceptors (Lipinski definition) is 5. The molecule has 0 bridgehead atoms. The van der Waals surface area contributed by atoms with Crippen LogP contribution < -0.4 is 5.32 Å². The lowest BCUT2D eigenvalue weighted by atomic mass is 9.69. The number of carbonyl (C=O) groups is 2. The second kappa shape index (κ2) is 12.6. The number of sulfonamides is 1. The summed E-state index contributed by atoms with van der Waals surface area (Å²) in [6.07, 6.45) is 2.29. The Morgan fingerprint density at radius 3 is 2.11 bits per heavy atom. The molecule has 7 nitrogen and oxygen atoms in total. The first-order valence-electron chi connectivity index (χ1n) is 12.6. The van der Waals surface area contributed by atoms with Crippen LogP contribution in [0.2, 0.25) is 0 Å². The first kappa shape index (κ1) is 28.0. The summed E-state index contributed by atoms with van der Waals surface area (Å²) in [7, 11) is -3.53. The maximum atomic E-state index is 13.3. The van der Waals surface area contributed by atoms with Crippen LogP contribution in [0.5, 0.6) is 0 Å². The molecule has 1 amide bonds. The molecule has 0 radical (unpaired) electrons. The van der Waals surface area contributed by atoms with E-state index >= 15 is 0 Å². The Kier molecular flexibility index (Phi) is 9.82. The fraction of sp³-hybridized carbons (Fsp3) is 0.500. The molecule has 8 heteroatoms. The predicted molar refractivity (Wildman–Crippen MR) is 141 cm³/mol. The molecular weight excluding hydrogens is 476 g/mol. The summed E-state index contributed by atoms with van der Waals surface area (Å²) in [6.45, 7) is 4.22. The number of aliphatic hydroxyl groups is 1. The molecule has 0 spiro atoms. The molecule has 1 saturated carbocycles. The molecule has 0 aromatic heterocycles. The number of benzene rings is 2. The molecule has 2 N–H and O–H groups in total. The summed E-state index contributed by atoms with van der Waals surface area (Å²) in [5.41, 5.74) is 1.51. The molecule has 1 fully saturated rings. The Morgan fingerprint density at radius 2 is 1.58 bits per heavy atom. The molecule has 4 unspecified atom stereocenters. The van der Waals surface area contributed by atoms with Crippen molar-refractivity contribution in [3.8, 4) is 0 Å². The van der Waals surface area contributed by atoms with Crippen LogP contribution in [0.1, 0.15) is 49.0 Å². The van der Waals surface area contributed by atoms with Gasteiger partial charge in [0, 0.05) is 30.5 Å². The van der Waals surface area contributed by atoms with Crippen molar-refractivity contribution in [2.75, 3.05) is 19.3 Å². The van der Waals surface area contributed by atoms with Crippen molar-refractivity contribution in [1.82, 2.24) is 9.62 Å². The first-order valence-corrected chi connectivity index (χ1v) is 14.5. The molecule has 0 saturated heterocycles. The summed E-state index contributed by atoms with van der Waals surface area (Å²) in [5.74, 6) is -0.859. The smallest absolute Gasteiger partial charge is 0.224 e. The van der Waals surface area contributed by atoms with Gasteiger partial charge in [-0.3, -0.25) is 9.59 Å². The second-order valence-electron chi connectivity index (χ2n) is 10.2. The van der Waals surface area contributed by atoms with Gasteiger partial charge in [-0.25, -0.2) is 8.42 Å². The average Bonchev–Trinajstić information content (AvgIpc) is 2.80. The van der Waals surface area contributed by atoms with Crippen LogP contribution in [-0.4, -0.2) is 61.0 Å². The molecule has 3 rings (SSSR count). The van der Waals surface area contributed by atoms with Gasteiger partial charge in [0.25, 0.3) is 0 Å². The van der Waals surface area contributed by atoms with E-state index in [-0.39, 0.29) is 24.2 Å². The van der Waals surface area contributed by atoms with Gasteiger partial charge in [0.2, 0.25) is 15.9 Å². The minimum atomic E-state index is -3.53. The van der Waals surface area contributed by atoms with Gasteiger partial charge >= 0.3 is 0 Å². The van der Waals surface area contributed by atoms with E-state index in [9.17, 15) is 23.1 Å². The van der Waals surface area contributed by atoms with Crippen LogP contribution >= 0.6 is 0 Å². The van der Waals surface area contributed by atoms with E-state index in [4.69, 9.17) is 0 Å². The minimum Gasteiger partial charge on any atom is -0.390 e. The van der Waals surface area contributed by atoms with Crippen molar-refractivity contribution in [2.24, 2.45) is 17.8 Å². The van der Waals surface area contributed by atoms with Gasteiger partial charge in [0.15, 0.2) is 5.78 Å². The van der Waals surface area contributed by atoms with E-state index in [2.05, 4.69) is 5.32 Å². The van der Waals surface area contributed by atoms with E-state index in [0.717, 1.165) is 11.8 Å². The van der Waals surface area contributed by atoms with E-state index in [0.29, 0.717) is 43.7 Å². The van der Waals surface area contributed by atoms with Gasteiger partial charge in [0.1, 0.15) is 0 Å². The summed E-state index contributed by atoms with van der Waals surface area (Å²) in [5, 5.41) is 14.1. The fourth-order valence-electron chi connectivity index (χ4n) is 4.52. The second-order valence-corrected chi connectivity index (χ2v) is 12.2. The molecule has 196 valence electrons. The quantitative estimate of drug-likeness (QED) is 0.399. The average molecular weight is 515 g/mol. The van der Waals surface area contributed by atoms with Crippen LogP contribution in [-0.2, 0) is 21.2 Å². The normalized spacial score (nSPS) is 19.5. The van der Waals surface area contributed by atoms with Crippen molar-refractivity contribution in [3.63, 3.8) is 0 Å². The molecule has 2 aromatic rings. The molecular formula is C28H38N2O5S. The number of nitrogens with zero attached hydrogens (tertiary/aromatic N) is 1. The zero-order valence-corrected chi connectivity index (χ0v) is 22.2. The number of rotatable bonds is 13. The zero-order valence-electron chi connectivity index (χ0n) is 21.3. The molecule has 0 aliphatic heterocycles. The minimum absolute atomic E-state index is 0.0425. The summed E-state index contributed by atoms with van der Waals surface area (Å²) in [4.78, 5) is 26.2. The Balaban J connectivity index is 1.74. The van der Waals surface area contributed by atoms with Crippen LogP contribution in [0.15, 0.2) is 60.7 Å². The van der Waals surface area contributed by atoms with Crippen LogP contribution in [0.4, 0.5) is 0 Å². The lowest BCUT2D eigenvalue weighted by Crippen LogP contribution is -2.54. The Hall–Kier alpha value is -2.55. The number of nitrogens with one attached hydrogen (secondary N) is 1. The van der Waals surface area contributed by atoms with E-state index in [1.165, 1.54) is 4.31 Å². The number of amides is 1. The summed E-state index contributed by atoms with van der Waals surface area (Å²) in [6, 6.07) is 17.7. The van der Waals surface area contributed by atoms with Gasteiger partial charge in [-0.05, 0) is 37.2 Å². The highest BCUT2D eigenvalue weighted by molar-refractivity contribution is 7.88. The number of Topliss-reactive ketones (excluding diaryl/α,β-unsaturated/α-hetero) is 1. The highest BCUT2D eigenvalue weighted by Gasteiger charge is 2.42. The highest BCUT2D eigenvalue weighted by Crippen LogP contribution is 2.37. The van der Waals surface area contributed by atoms with Gasteiger partial charge in [-0.15, -0.1) is 0 Å². The van der Waals surface area contributed by atoms with Crippen molar-refractivity contribution in [3.05, 3.63) is 71.8 Å². The number of carbonyl (C=O) groups excluding carboxylic acids is 2. The highest BCUT2D eigenvalue weighted by atomic mass is 32.2. The Bertz CT molecular complexity index is 1110. The molecule has 2 aromatic carbocycles. The topological polar surface area (TPSA) is 104 Å². The van der Waals surface area contributed by atoms with Crippen molar-refractivity contribution in [2.45, 2.75) is 51.7 Å². The number of aliphatic hydroxyl groups excluding tert-OH is 1. The lowest BCUT2D eigenvalue weighted by molar-refractivity contribution is -0.131. The third-order valence-corrected chi connectivity index (χ3v) is 8.18. The maximum absolute atomic E-state index is 13.3. The third kappa shape index (κ3) is 7.72. The maximum Gasteiger partial charge on any atom is 0.224 e. The van der Waals surface area contributed by atoms with Crippen molar-refractivity contribution in [1.29, 1.82) is 0 Å². The van der Waals surface area contributed by atoms with Gasteiger partial charge in [0.05, 0.1) is 18.4 Å². The first-order chi connectivity index (χ1) is 17.1. The molecule has 36 heavy (non-hydrogen) atoms. The lowest BCUT2D eigenvalue weighted by Gasteiger charge is -2.36. The van der Waals surface area contributed by atoms with Crippen molar-refractivity contribution < 1.29 is 23.1 Å². The molecule has 4 atom stereocenters. The zero-order chi connectivity index (χ0) is 26.3. The van der Waals surface area contributed by atoms with Crippen LogP contribution in [0.3, 0.4) is 0 Å². The monoisotopic (exact) mass is 514 g/mol. The molecule has 1 aliphatic carbocycles.